The summed E-state index contributed by atoms with van der Waals surface area (Å²) in [6.07, 6.45) is 1.59. The lowest BCUT2D eigenvalue weighted by Crippen LogP contribution is -2.02. The smallest absolute Gasteiger partial charge is 0.231 e. The van der Waals surface area contributed by atoms with Crippen molar-refractivity contribution < 1.29 is 19.7 Å². The average molecular weight is 401 g/mol. The summed E-state index contributed by atoms with van der Waals surface area (Å²) in [7, 11) is 0. The first-order chi connectivity index (χ1) is 13.7. The Balaban J connectivity index is 1.59. The number of anilines is 4. The van der Waals surface area contributed by atoms with Gasteiger partial charge in [0.15, 0.2) is 11.5 Å². The van der Waals surface area contributed by atoms with Crippen LogP contribution in [0, 0.1) is 0 Å². The fourth-order valence-corrected chi connectivity index (χ4v) is 3.02. The SMILES string of the molecule is OCc1cc(CO)cc(Nc2nccc(Nc3c(Cl)ccc4c3OCO4)n2)c1. The molecule has 1 aliphatic heterocycles. The van der Waals surface area contributed by atoms with Crippen LogP contribution in [0.15, 0.2) is 42.6 Å². The molecule has 8 nitrogen and oxygen atoms in total. The molecular weight excluding hydrogens is 384 g/mol. The van der Waals surface area contributed by atoms with E-state index >= 15 is 0 Å². The monoisotopic (exact) mass is 400 g/mol. The molecule has 0 atom stereocenters. The molecule has 28 heavy (non-hydrogen) atoms. The van der Waals surface area contributed by atoms with E-state index in [1.807, 2.05) is 0 Å². The van der Waals surface area contributed by atoms with Crippen LogP contribution in [0.4, 0.5) is 23.1 Å². The van der Waals surface area contributed by atoms with Crippen LogP contribution in [0.2, 0.25) is 5.02 Å². The third-order valence-electron chi connectivity index (χ3n) is 4.07. The molecule has 0 radical (unpaired) electrons. The number of aliphatic hydroxyl groups excluding tert-OH is 2. The molecule has 4 rings (SSSR count). The molecule has 2 aromatic carbocycles. The fraction of sp³-hybridized carbons (Fsp3) is 0.158. The Hall–Kier alpha value is -3.07. The van der Waals surface area contributed by atoms with Gasteiger partial charge in [0.2, 0.25) is 12.7 Å². The van der Waals surface area contributed by atoms with Gasteiger partial charge in [-0.25, -0.2) is 4.98 Å². The second-order valence-corrected chi connectivity index (χ2v) is 6.43. The van der Waals surface area contributed by atoms with Crippen molar-refractivity contribution in [3.8, 4) is 11.5 Å². The molecule has 0 spiro atoms. The van der Waals surface area contributed by atoms with Crippen LogP contribution >= 0.6 is 11.6 Å². The molecular formula is C19H17ClN4O4. The zero-order valence-electron chi connectivity index (χ0n) is 14.6. The van der Waals surface area contributed by atoms with Gasteiger partial charge in [-0.3, -0.25) is 0 Å². The minimum Gasteiger partial charge on any atom is -0.454 e. The number of aromatic nitrogens is 2. The summed E-state index contributed by atoms with van der Waals surface area (Å²) in [5.41, 5.74) is 2.56. The van der Waals surface area contributed by atoms with Crippen LogP contribution in [-0.2, 0) is 13.2 Å². The van der Waals surface area contributed by atoms with E-state index in [1.165, 1.54) is 0 Å². The summed E-state index contributed by atoms with van der Waals surface area (Å²) in [6, 6.07) is 10.4. The maximum absolute atomic E-state index is 9.37. The number of nitrogens with zero attached hydrogens (tertiary/aromatic N) is 2. The van der Waals surface area contributed by atoms with Crippen molar-refractivity contribution in [3.63, 3.8) is 0 Å². The third-order valence-corrected chi connectivity index (χ3v) is 4.39. The molecule has 0 bridgehead atoms. The van der Waals surface area contributed by atoms with E-state index in [-0.39, 0.29) is 20.0 Å². The zero-order valence-corrected chi connectivity index (χ0v) is 15.4. The highest BCUT2D eigenvalue weighted by atomic mass is 35.5. The minimum absolute atomic E-state index is 0.134. The minimum atomic E-state index is -0.134. The molecule has 0 amide bonds. The average Bonchev–Trinajstić information content (AvgIpc) is 3.19. The van der Waals surface area contributed by atoms with Gasteiger partial charge < -0.3 is 30.3 Å². The lowest BCUT2D eigenvalue weighted by Gasteiger charge is -2.12. The predicted molar refractivity (Wildman–Crippen MR) is 104 cm³/mol. The Morgan fingerprint density at radius 2 is 1.79 bits per heavy atom. The molecule has 0 saturated heterocycles. The summed E-state index contributed by atoms with van der Waals surface area (Å²) >= 11 is 6.29. The van der Waals surface area contributed by atoms with E-state index < -0.39 is 0 Å². The second-order valence-electron chi connectivity index (χ2n) is 6.03. The van der Waals surface area contributed by atoms with E-state index in [0.29, 0.717) is 50.8 Å². The van der Waals surface area contributed by atoms with Crippen molar-refractivity contribution in [2.24, 2.45) is 0 Å². The van der Waals surface area contributed by atoms with Crippen LogP contribution in [0.5, 0.6) is 11.5 Å². The molecule has 0 unspecified atom stereocenters. The molecule has 3 aromatic rings. The van der Waals surface area contributed by atoms with Gasteiger partial charge in [-0.1, -0.05) is 17.7 Å². The zero-order chi connectivity index (χ0) is 19.5. The van der Waals surface area contributed by atoms with Gasteiger partial charge in [0, 0.05) is 11.9 Å². The van der Waals surface area contributed by atoms with Gasteiger partial charge >= 0.3 is 0 Å². The van der Waals surface area contributed by atoms with Crippen LogP contribution < -0.4 is 20.1 Å². The largest absolute Gasteiger partial charge is 0.454 e. The lowest BCUT2D eigenvalue weighted by molar-refractivity contribution is 0.174. The number of fused-ring (bicyclic) bond motifs is 1. The predicted octanol–water partition coefficient (Wildman–Crippen LogP) is 3.33. The topological polar surface area (TPSA) is 109 Å². The van der Waals surface area contributed by atoms with Gasteiger partial charge in [-0.2, -0.15) is 4.98 Å². The summed E-state index contributed by atoms with van der Waals surface area (Å²) in [5, 5.41) is 25.4. The summed E-state index contributed by atoms with van der Waals surface area (Å²) in [6.45, 7) is -0.134. The van der Waals surface area contributed by atoms with E-state index in [0.717, 1.165) is 0 Å². The van der Waals surface area contributed by atoms with Crippen LogP contribution in [0.25, 0.3) is 0 Å². The Morgan fingerprint density at radius 1 is 1.00 bits per heavy atom. The van der Waals surface area contributed by atoms with Crippen LogP contribution in [0.1, 0.15) is 11.1 Å². The normalized spacial score (nSPS) is 12.1. The van der Waals surface area contributed by atoms with Gasteiger partial charge in [0.05, 0.1) is 18.2 Å². The van der Waals surface area contributed by atoms with Crippen molar-refractivity contribution in [2.75, 3.05) is 17.4 Å². The van der Waals surface area contributed by atoms with Gasteiger partial charge in [0.1, 0.15) is 11.5 Å². The third kappa shape index (κ3) is 3.79. The first-order valence-corrected chi connectivity index (χ1v) is 8.84. The molecule has 0 fully saturated rings. The fourth-order valence-electron chi connectivity index (χ4n) is 2.83. The molecule has 4 N–H and O–H groups in total. The van der Waals surface area contributed by atoms with E-state index in [2.05, 4.69) is 20.6 Å². The molecule has 0 saturated carbocycles. The molecule has 1 aromatic heterocycles. The summed E-state index contributed by atoms with van der Waals surface area (Å²) in [5.74, 6) is 1.98. The second kappa shape index (κ2) is 7.89. The van der Waals surface area contributed by atoms with Crippen molar-refractivity contribution >= 4 is 34.7 Å². The van der Waals surface area contributed by atoms with Gasteiger partial charge in [0.25, 0.3) is 0 Å². The summed E-state index contributed by atoms with van der Waals surface area (Å²) in [4.78, 5) is 8.63. The van der Waals surface area contributed by atoms with Crippen molar-refractivity contribution in [2.45, 2.75) is 13.2 Å². The van der Waals surface area contributed by atoms with Gasteiger partial charge in [-0.05, 0) is 41.5 Å². The van der Waals surface area contributed by atoms with E-state index in [4.69, 9.17) is 21.1 Å². The molecule has 1 aliphatic rings. The number of rotatable bonds is 6. The Morgan fingerprint density at radius 3 is 2.54 bits per heavy atom. The molecule has 2 heterocycles. The molecule has 9 heteroatoms. The number of hydrogen-bond acceptors (Lipinski definition) is 8. The Kier molecular flexibility index (Phi) is 5.16. The first-order valence-electron chi connectivity index (χ1n) is 8.46. The number of halogens is 1. The Bertz CT molecular complexity index is 993. The lowest BCUT2D eigenvalue weighted by atomic mass is 10.1. The van der Waals surface area contributed by atoms with Crippen molar-refractivity contribution in [1.82, 2.24) is 9.97 Å². The highest BCUT2D eigenvalue weighted by Gasteiger charge is 2.21. The number of nitrogens with one attached hydrogen (secondary N) is 2. The first kappa shape index (κ1) is 18.3. The molecule has 144 valence electrons. The highest BCUT2D eigenvalue weighted by molar-refractivity contribution is 6.33. The Labute approximate surface area is 165 Å². The van der Waals surface area contributed by atoms with Crippen LogP contribution in [0.3, 0.4) is 0 Å². The quantitative estimate of drug-likeness (QED) is 0.499. The van der Waals surface area contributed by atoms with Gasteiger partial charge in [-0.15, -0.1) is 0 Å². The van der Waals surface area contributed by atoms with Crippen LogP contribution in [-0.4, -0.2) is 27.0 Å². The number of aliphatic hydroxyl groups is 2. The number of ether oxygens (including phenoxy) is 2. The van der Waals surface area contributed by atoms with Crippen molar-refractivity contribution in [3.05, 3.63) is 58.7 Å². The van der Waals surface area contributed by atoms with E-state index in [1.54, 1.807) is 42.6 Å². The standard InChI is InChI=1S/C19H17ClN4O4/c20-14-1-2-15-18(28-10-27-15)17(14)23-16-3-4-21-19(24-16)22-13-6-11(8-25)5-12(7-13)9-26/h1-7,25-26H,8-10H2,(H2,21,22,23,24). The maximum atomic E-state index is 9.37. The maximum Gasteiger partial charge on any atom is 0.231 e. The number of benzene rings is 2. The molecule has 0 aliphatic carbocycles. The highest BCUT2D eigenvalue weighted by Crippen LogP contribution is 2.44. The van der Waals surface area contributed by atoms with Crippen molar-refractivity contribution in [1.29, 1.82) is 0 Å². The summed E-state index contributed by atoms with van der Waals surface area (Å²) < 4.78 is 10.9. The van der Waals surface area contributed by atoms with E-state index in [9.17, 15) is 10.2 Å². The number of hydrogen-bond donors (Lipinski definition) is 4.